The number of rotatable bonds is 3. The van der Waals surface area contributed by atoms with Crippen LogP contribution in [0.4, 0.5) is 5.95 Å². The number of pyridine rings is 1. The number of aryl methyl sites for hydroxylation is 1. The molecule has 0 spiro atoms. The molecule has 2 N–H and O–H groups in total. The summed E-state index contributed by atoms with van der Waals surface area (Å²) < 4.78 is 6.51. The Morgan fingerprint density at radius 1 is 1.37 bits per heavy atom. The van der Waals surface area contributed by atoms with Gasteiger partial charge in [-0.2, -0.15) is 0 Å². The molecule has 2 aromatic rings. The van der Waals surface area contributed by atoms with Gasteiger partial charge in [0.05, 0.1) is 7.11 Å². The van der Waals surface area contributed by atoms with Crippen molar-refractivity contribution in [2.45, 2.75) is 26.8 Å². The van der Waals surface area contributed by atoms with E-state index in [1.54, 1.807) is 4.57 Å². The highest BCUT2D eigenvalue weighted by Crippen LogP contribution is 2.27. The zero-order chi connectivity index (χ0) is 14.2. The number of ether oxygens (including phenoxy) is 1. The van der Waals surface area contributed by atoms with Crippen LogP contribution in [0.5, 0.6) is 0 Å². The zero-order valence-corrected chi connectivity index (χ0v) is 11.5. The van der Waals surface area contributed by atoms with Crippen molar-refractivity contribution in [2.24, 2.45) is 5.92 Å². The van der Waals surface area contributed by atoms with Crippen LogP contribution in [0.2, 0.25) is 0 Å². The molecule has 6 heteroatoms. The van der Waals surface area contributed by atoms with Gasteiger partial charge in [-0.05, 0) is 25.0 Å². The molecule has 19 heavy (non-hydrogen) atoms. The summed E-state index contributed by atoms with van der Waals surface area (Å²) in [6.07, 6.45) is 0. The average molecular weight is 262 g/mol. The summed E-state index contributed by atoms with van der Waals surface area (Å²) in [6, 6.07) is 3.19. The molecule has 0 bridgehead atoms. The van der Waals surface area contributed by atoms with Crippen LogP contribution in [-0.2, 0) is 9.53 Å². The van der Waals surface area contributed by atoms with Crippen LogP contribution in [-0.4, -0.2) is 27.6 Å². The van der Waals surface area contributed by atoms with Gasteiger partial charge in [-0.15, -0.1) is 0 Å². The summed E-state index contributed by atoms with van der Waals surface area (Å²) in [5.41, 5.74) is 8.08. The molecule has 0 aromatic carbocycles. The van der Waals surface area contributed by atoms with E-state index in [4.69, 9.17) is 10.5 Å². The number of carbonyl (C=O) groups excluding carboxylic acids is 1. The number of imidazole rings is 1. The number of methoxy groups -OCH3 is 1. The Kier molecular flexibility index (Phi) is 3.42. The Labute approximate surface area is 111 Å². The van der Waals surface area contributed by atoms with E-state index in [2.05, 4.69) is 9.97 Å². The third-order valence-corrected chi connectivity index (χ3v) is 3.06. The molecule has 0 aliphatic carbocycles. The van der Waals surface area contributed by atoms with Gasteiger partial charge >= 0.3 is 5.97 Å². The van der Waals surface area contributed by atoms with E-state index in [1.807, 2.05) is 32.9 Å². The predicted molar refractivity (Wildman–Crippen MR) is 72.6 cm³/mol. The fourth-order valence-corrected chi connectivity index (χ4v) is 2.16. The van der Waals surface area contributed by atoms with Crippen molar-refractivity contribution in [3.8, 4) is 0 Å². The van der Waals surface area contributed by atoms with Crippen molar-refractivity contribution >= 4 is 23.1 Å². The number of hydrogen-bond donors (Lipinski definition) is 1. The summed E-state index contributed by atoms with van der Waals surface area (Å²) in [5, 5.41) is 0. The molecule has 6 nitrogen and oxygen atoms in total. The molecule has 1 unspecified atom stereocenters. The lowest BCUT2D eigenvalue weighted by molar-refractivity contribution is -0.145. The molecule has 0 radical (unpaired) electrons. The van der Waals surface area contributed by atoms with Gasteiger partial charge in [0.1, 0.15) is 11.6 Å². The number of aromatic nitrogens is 3. The van der Waals surface area contributed by atoms with Crippen LogP contribution < -0.4 is 5.73 Å². The van der Waals surface area contributed by atoms with Gasteiger partial charge in [0.25, 0.3) is 0 Å². The summed E-state index contributed by atoms with van der Waals surface area (Å²) in [4.78, 5) is 20.7. The Balaban J connectivity index is 2.68. The topological polar surface area (TPSA) is 83.0 Å². The first kappa shape index (κ1) is 13.3. The molecule has 0 saturated heterocycles. The lowest BCUT2D eigenvalue weighted by atomic mass is 10.0. The van der Waals surface area contributed by atoms with Crippen LogP contribution in [0, 0.1) is 12.8 Å². The Bertz CT molecular complexity index is 618. The van der Waals surface area contributed by atoms with Gasteiger partial charge in [0.2, 0.25) is 5.95 Å². The van der Waals surface area contributed by atoms with Crippen molar-refractivity contribution in [2.75, 3.05) is 12.8 Å². The molecule has 2 aromatic heterocycles. The Morgan fingerprint density at radius 3 is 2.63 bits per heavy atom. The lowest BCUT2D eigenvalue weighted by Gasteiger charge is -2.21. The van der Waals surface area contributed by atoms with E-state index in [0.717, 1.165) is 5.69 Å². The van der Waals surface area contributed by atoms with Crippen molar-refractivity contribution in [3.05, 3.63) is 17.8 Å². The summed E-state index contributed by atoms with van der Waals surface area (Å²) in [5.74, 6) is -0.0454. The third-order valence-electron chi connectivity index (χ3n) is 3.06. The summed E-state index contributed by atoms with van der Waals surface area (Å²) in [7, 11) is 1.37. The van der Waals surface area contributed by atoms with Crippen LogP contribution in [0.1, 0.15) is 25.6 Å². The summed E-state index contributed by atoms with van der Waals surface area (Å²) in [6.45, 7) is 5.75. The fourth-order valence-electron chi connectivity index (χ4n) is 2.16. The van der Waals surface area contributed by atoms with Gasteiger partial charge in [-0.25, -0.2) is 14.8 Å². The summed E-state index contributed by atoms with van der Waals surface area (Å²) >= 11 is 0. The smallest absolute Gasteiger partial charge is 0.329 e. The Hall–Kier alpha value is -2.11. The molecule has 0 aliphatic rings. The molecular formula is C13H18N4O2. The maximum atomic E-state index is 12.0. The van der Waals surface area contributed by atoms with Crippen LogP contribution in [0.15, 0.2) is 12.1 Å². The molecule has 2 heterocycles. The number of nitrogens with two attached hydrogens (primary N) is 1. The van der Waals surface area contributed by atoms with E-state index in [9.17, 15) is 4.79 Å². The molecule has 0 saturated carbocycles. The fraction of sp³-hybridized carbons (Fsp3) is 0.462. The lowest BCUT2D eigenvalue weighted by Crippen LogP contribution is -2.27. The minimum Gasteiger partial charge on any atom is -0.467 e. The van der Waals surface area contributed by atoms with Crippen LogP contribution in [0.3, 0.4) is 0 Å². The molecule has 0 amide bonds. The monoisotopic (exact) mass is 262 g/mol. The van der Waals surface area contributed by atoms with Gasteiger partial charge in [0, 0.05) is 5.69 Å². The van der Waals surface area contributed by atoms with Gasteiger partial charge < -0.3 is 10.5 Å². The number of anilines is 1. The SMILES string of the molecule is COC(=O)C(C(C)C)n1c(N)nc2ccc(C)nc21. The highest BCUT2D eigenvalue weighted by atomic mass is 16.5. The number of carbonyl (C=O) groups is 1. The van der Waals surface area contributed by atoms with E-state index in [0.29, 0.717) is 11.2 Å². The Morgan fingerprint density at radius 2 is 2.05 bits per heavy atom. The van der Waals surface area contributed by atoms with Crippen molar-refractivity contribution in [1.29, 1.82) is 0 Å². The molecule has 0 fully saturated rings. The highest BCUT2D eigenvalue weighted by Gasteiger charge is 2.29. The first-order chi connectivity index (χ1) is 8.95. The first-order valence-electron chi connectivity index (χ1n) is 6.14. The molecule has 1 atom stereocenters. The molecular weight excluding hydrogens is 244 g/mol. The number of esters is 1. The van der Waals surface area contributed by atoms with Crippen LogP contribution >= 0.6 is 0 Å². The maximum absolute atomic E-state index is 12.0. The normalized spacial score (nSPS) is 12.9. The molecule has 0 aliphatic heterocycles. The number of hydrogen-bond acceptors (Lipinski definition) is 5. The molecule has 2 rings (SSSR count). The zero-order valence-electron chi connectivity index (χ0n) is 11.5. The van der Waals surface area contributed by atoms with Gasteiger partial charge in [-0.1, -0.05) is 13.8 Å². The van der Waals surface area contributed by atoms with E-state index < -0.39 is 6.04 Å². The largest absolute Gasteiger partial charge is 0.467 e. The second kappa shape index (κ2) is 4.87. The van der Waals surface area contributed by atoms with Crippen molar-refractivity contribution in [3.63, 3.8) is 0 Å². The first-order valence-corrected chi connectivity index (χ1v) is 6.14. The van der Waals surface area contributed by atoms with Crippen molar-refractivity contribution < 1.29 is 9.53 Å². The second-order valence-corrected chi connectivity index (χ2v) is 4.85. The minimum atomic E-state index is -0.524. The van der Waals surface area contributed by atoms with E-state index >= 15 is 0 Å². The average Bonchev–Trinajstić information content (AvgIpc) is 2.66. The third kappa shape index (κ3) is 2.25. The quantitative estimate of drug-likeness (QED) is 0.851. The number of nitrogens with zero attached hydrogens (tertiary/aromatic N) is 3. The minimum absolute atomic E-state index is 0.0227. The predicted octanol–water partition coefficient (Wildman–Crippen LogP) is 1.69. The van der Waals surface area contributed by atoms with E-state index in [-0.39, 0.29) is 17.8 Å². The second-order valence-electron chi connectivity index (χ2n) is 4.85. The highest BCUT2D eigenvalue weighted by molar-refractivity contribution is 5.81. The van der Waals surface area contributed by atoms with Gasteiger partial charge in [0.15, 0.2) is 5.65 Å². The standard InChI is InChI=1S/C13H18N4O2/c1-7(2)10(12(18)19-4)17-11-9(16-13(17)14)6-5-8(3)15-11/h5-7,10H,1-4H3,(H2,14,16). The van der Waals surface area contributed by atoms with Crippen LogP contribution in [0.25, 0.3) is 11.2 Å². The van der Waals surface area contributed by atoms with Gasteiger partial charge in [-0.3, -0.25) is 4.57 Å². The van der Waals surface area contributed by atoms with Crippen molar-refractivity contribution in [1.82, 2.24) is 14.5 Å². The maximum Gasteiger partial charge on any atom is 0.329 e. The molecule has 102 valence electrons. The van der Waals surface area contributed by atoms with E-state index in [1.165, 1.54) is 7.11 Å². The number of fused-ring (bicyclic) bond motifs is 1. The number of nitrogen functional groups attached to an aromatic ring is 1.